The van der Waals surface area contributed by atoms with E-state index in [4.69, 9.17) is 4.74 Å². The molecule has 6 heteroatoms. The first-order valence-electron chi connectivity index (χ1n) is 10.6. The molecule has 0 aromatic heterocycles. The number of rotatable bonds is 7. The predicted octanol–water partition coefficient (Wildman–Crippen LogP) is 5.38. The summed E-state index contributed by atoms with van der Waals surface area (Å²) in [6.07, 6.45) is 6.59. The van der Waals surface area contributed by atoms with Crippen LogP contribution < -0.4 is 15.0 Å². The average molecular weight is 425 g/mol. The summed E-state index contributed by atoms with van der Waals surface area (Å²) in [5, 5.41) is 2.90. The number of hydrogen-bond donors (Lipinski definition) is 1. The van der Waals surface area contributed by atoms with Gasteiger partial charge in [-0.25, -0.2) is 0 Å². The second-order valence-corrected chi connectivity index (χ2v) is 8.99. The summed E-state index contributed by atoms with van der Waals surface area (Å²) in [4.78, 5) is 27.2. The number of para-hydroxylation sites is 3. The summed E-state index contributed by atoms with van der Waals surface area (Å²) in [6, 6.07) is 15.3. The van der Waals surface area contributed by atoms with Gasteiger partial charge in [-0.3, -0.25) is 14.5 Å². The fraction of sp³-hybridized carbons (Fsp3) is 0.417. The van der Waals surface area contributed by atoms with E-state index >= 15 is 0 Å². The molecule has 1 heterocycles. The van der Waals surface area contributed by atoms with E-state index in [1.807, 2.05) is 48.5 Å². The zero-order valence-electron chi connectivity index (χ0n) is 17.3. The monoisotopic (exact) mass is 424 g/mol. The van der Waals surface area contributed by atoms with Crippen molar-refractivity contribution in [3.8, 4) is 5.75 Å². The molecule has 30 heavy (non-hydrogen) atoms. The van der Waals surface area contributed by atoms with Gasteiger partial charge < -0.3 is 10.1 Å². The number of carbonyl (C=O) groups is 2. The molecule has 2 fully saturated rings. The number of carbonyl (C=O) groups excluding carboxylic acids is 2. The molecule has 1 N–H and O–H groups in total. The predicted molar refractivity (Wildman–Crippen MR) is 122 cm³/mol. The van der Waals surface area contributed by atoms with Gasteiger partial charge in [0.25, 0.3) is 0 Å². The Labute approximate surface area is 182 Å². The molecule has 1 saturated heterocycles. The third-order valence-electron chi connectivity index (χ3n) is 5.97. The van der Waals surface area contributed by atoms with E-state index in [2.05, 4.69) is 5.32 Å². The van der Waals surface area contributed by atoms with Crippen molar-refractivity contribution in [2.45, 2.75) is 43.9 Å². The van der Waals surface area contributed by atoms with Gasteiger partial charge in [0.2, 0.25) is 11.8 Å². The Morgan fingerprint density at radius 2 is 1.87 bits per heavy atom. The lowest BCUT2D eigenvalue weighted by molar-refractivity contribution is -0.117. The van der Waals surface area contributed by atoms with Crippen LogP contribution in [0.2, 0.25) is 0 Å². The standard InChI is InChI=1S/C24H28N2O3S/c1-29-21-13-7-6-12-20(21)26-23(28)16-30-24(26)18-10-4-5-11-19(18)25-22(27)15-14-17-8-2-3-9-17/h4-7,10-13,17,24H,2-3,8-9,14-16H2,1H3,(H,25,27)/t24-/m1/s1. The lowest BCUT2D eigenvalue weighted by atomic mass is 10.0. The molecule has 2 aliphatic rings. The Bertz CT molecular complexity index is 911. The van der Waals surface area contributed by atoms with Crippen LogP contribution in [0.1, 0.15) is 49.5 Å². The molecule has 4 rings (SSSR count). The molecule has 0 spiro atoms. The van der Waals surface area contributed by atoms with Crippen LogP contribution in [0.5, 0.6) is 5.75 Å². The lowest BCUT2D eigenvalue weighted by Gasteiger charge is -2.27. The fourth-order valence-corrected chi connectivity index (χ4v) is 5.62. The van der Waals surface area contributed by atoms with Crippen molar-refractivity contribution < 1.29 is 14.3 Å². The molecule has 0 unspecified atom stereocenters. The summed E-state index contributed by atoms with van der Waals surface area (Å²) in [5.74, 6) is 1.84. The van der Waals surface area contributed by atoms with Gasteiger partial charge in [-0.15, -0.1) is 11.8 Å². The number of ether oxygens (including phenoxy) is 1. The van der Waals surface area contributed by atoms with Crippen molar-refractivity contribution in [3.05, 3.63) is 54.1 Å². The highest BCUT2D eigenvalue weighted by atomic mass is 32.2. The summed E-state index contributed by atoms with van der Waals surface area (Å²) in [7, 11) is 1.61. The van der Waals surface area contributed by atoms with Gasteiger partial charge in [-0.05, 0) is 30.5 Å². The van der Waals surface area contributed by atoms with Gasteiger partial charge in [0, 0.05) is 17.7 Å². The van der Waals surface area contributed by atoms with Gasteiger partial charge in [0.15, 0.2) is 0 Å². The van der Waals surface area contributed by atoms with E-state index in [0.717, 1.165) is 23.4 Å². The number of amides is 2. The highest BCUT2D eigenvalue weighted by Crippen LogP contribution is 2.46. The third-order valence-corrected chi connectivity index (χ3v) is 7.16. The van der Waals surface area contributed by atoms with E-state index in [9.17, 15) is 9.59 Å². The molecule has 2 aromatic rings. The summed E-state index contributed by atoms with van der Waals surface area (Å²) < 4.78 is 5.49. The van der Waals surface area contributed by atoms with Crippen LogP contribution in [-0.4, -0.2) is 24.7 Å². The molecule has 0 bridgehead atoms. The number of nitrogens with zero attached hydrogens (tertiary/aromatic N) is 1. The number of thioether (sulfide) groups is 1. The topological polar surface area (TPSA) is 58.6 Å². The van der Waals surface area contributed by atoms with E-state index in [1.165, 1.54) is 25.7 Å². The SMILES string of the molecule is COc1ccccc1N1C(=O)CS[C@@H]1c1ccccc1NC(=O)CCC1CCCC1. The Balaban J connectivity index is 1.54. The molecule has 5 nitrogen and oxygen atoms in total. The third kappa shape index (κ3) is 4.48. The van der Waals surface area contributed by atoms with Gasteiger partial charge in [-0.2, -0.15) is 0 Å². The minimum atomic E-state index is -0.208. The van der Waals surface area contributed by atoms with E-state index in [1.54, 1.807) is 23.8 Å². The van der Waals surface area contributed by atoms with E-state index in [-0.39, 0.29) is 17.2 Å². The average Bonchev–Trinajstić information content (AvgIpc) is 3.42. The quantitative estimate of drug-likeness (QED) is 0.648. The first kappa shape index (κ1) is 20.8. The number of benzene rings is 2. The maximum Gasteiger partial charge on any atom is 0.238 e. The number of methoxy groups -OCH3 is 1. The Morgan fingerprint density at radius 3 is 2.67 bits per heavy atom. The lowest BCUT2D eigenvalue weighted by Crippen LogP contribution is -2.29. The molecule has 1 atom stereocenters. The second-order valence-electron chi connectivity index (χ2n) is 7.92. The highest BCUT2D eigenvalue weighted by molar-refractivity contribution is 8.00. The maximum atomic E-state index is 12.8. The number of hydrogen-bond acceptors (Lipinski definition) is 4. The van der Waals surface area contributed by atoms with Gasteiger partial charge in [0.1, 0.15) is 11.1 Å². The minimum absolute atomic E-state index is 0.0388. The normalized spacial score (nSPS) is 19.3. The summed E-state index contributed by atoms with van der Waals surface area (Å²) in [5.41, 5.74) is 2.47. The fourth-order valence-electron chi connectivity index (χ4n) is 4.42. The molecular weight excluding hydrogens is 396 g/mol. The minimum Gasteiger partial charge on any atom is -0.495 e. The van der Waals surface area contributed by atoms with Crippen LogP contribution in [0.25, 0.3) is 0 Å². The Kier molecular flexibility index (Phi) is 6.62. The van der Waals surface area contributed by atoms with Gasteiger partial charge >= 0.3 is 0 Å². The first-order chi connectivity index (χ1) is 14.7. The molecule has 1 saturated carbocycles. The molecule has 1 aliphatic carbocycles. The Morgan fingerprint density at radius 1 is 1.13 bits per heavy atom. The van der Waals surface area contributed by atoms with Gasteiger partial charge in [-0.1, -0.05) is 56.0 Å². The van der Waals surface area contributed by atoms with Crippen LogP contribution in [-0.2, 0) is 9.59 Å². The van der Waals surface area contributed by atoms with Crippen LogP contribution in [0.3, 0.4) is 0 Å². The first-order valence-corrected chi connectivity index (χ1v) is 11.7. The zero-order chi connectivity index (χ0) is 20.9. The van der Waals surface area contributed by atoms with E-state index in [0.29, 0.717) is 23.8 Å². The van der Waals surface area contributed by atoms with E-state index < -0.39 is 0 Å². The highest BCUT2D eigenvalue weighted by Gasteiger charge is 2.36. The Hall–Kier alpha value is -2.47. The van der Waals surface area contributed by atoms with Crippen LogP contribution >= 0.6 is 11.8 Å². The molecule has 2 aromatic carbocycles. The molecule has 0 radical (unpaired) electrons. The summed E-state index contributed by atoms with van der Waals surface area (Å²) in [6.45, 7) is 0. The van der Waals surface area contributed by atoms with Crippen molar-refractivity contribution in [1.29, 1.82) is 0 Å². The summed E-state index contributed by atoms with van der Waals surface area (Å²) >= 11 is 1.57. The molecular formula is C24H28N2O3S. The van der Waals surface area contributed by atoms with Crippen molar-refractivity contribution in [2.75, 3.05) is 23.1 Å². The van der Waals surface area contributed by atoms with Crippen LogP contribution in [0, 0.1) is 5.92 Å². The smallest absolute Gasteiger partial charge is 0.238 e. The largest absolute Gasteiger partial charge is 0.495 e. The van der Waals surface area contributed by atoms with Crippen LogP contribution in [0.4, 0.5) is 11.4 Å². The molecule has 2 amide bonds. The van der Waals surface area contributed by atoms with Crippen molar-refractivity contribution >= 4 is 35.0 Å². The zero-order valence-corrected chi connectivity index (χ0v) is 18.1. The molecule has 1 aliphatic heterocycles. The second kappa shape index (κ2) is 9.56. The number of nitrogens with one attached hydrogen (secondary N) is 1. The van der Waals surface area contributed by atoms with Crippen molar-refractivity contribution in [3.63, 3.8) is 0 Å². The van der Waals surface area contributed by atoms with Crippen molar-refractivity contribution in [1.82, 2.24) is 0 Å². The molecule has 158 valence electrons. The van der Waals surface area contributed by atoms with Crippen LogP contribution in [0.15, 0.2) is 48.5 Å². The maximum absolute atomic E-state index is 12.8. The van der Waals surface area contributed by atoms with Crippen molar-refractivity contribution in [2.24, 2.45) is 5.92 Å². The number of anilines is 2. The van der Waals surface area contributed by atoms with Gasteiger partial charge in [0.05, 0.1) is 18.6 Å².